The van der Waals surface area contributed by atoms with E-state index >= 15 is 0 Å². The fraction of sp³-hybridized carbons (Fsp3) is 0.762. The number of aryl methyl sites for hydroxylation is 1. The van der Waals surface area contributed by atoms with Gasteiger partial charge in [0, 0.05) is 18.9 Å². The average molecular weight is 399 g/mol. The lowest BCUT2D eigenvalue weighted by Gasteiger charge is -2.06. The van der Waals surface area contributed by atoms with E-state index in [0.29, 0.717) is 5.36 Å². The summed E-state index contributed by atoms with van der Waals surface area (Å²) in [6.45, 7) is 3.38. The number of hydrogen-bond donors (Lipinski definition) is 1. The fourth-order valence-corrected chi connectivity index (χ4v) is 3.10. The number of nitrogens with one attached hydrogen (secondary N) is 1. The van der Waals surface area contributed by atoms with Gasteiger partial charge < -0.3 is 9.98 Å². The molecule has 0 saturated heterocycles. The number of aromatic nitrogens is 1. The van der Waals surface area contributed by atoms with Crippen LogP contribution in [0.4, 0.5) is 0 Å². The Balaban J connectivity index is 0.00000529. The van der Waals surface area contributed by atoms with Crippen LogP contribution in [-0.2, 0) is 6.54 Å². The molecule has 0 aliphatic carbocycles. The molecular formula is C21H39BrN2. The highest BCUT2D eigenvalue weighted by Crippen LogP contribution is 2.13. The largest absolute Gasteiger partial charge is 0.354 e. The summed E-state index contributed by atoms with van der Waals surface area (Å²) in [6.07, 6.45) is 23.8. The molecule has 0 aliphatic rings. The van der Waals surface area contributed by atoms with Crippen molar-refractivity contribution in [3.05, 3.63) is 29.9 Å². The van der Waals surface area contributed by atoms with Crippen molar-refractivity contribution in [1.29, 1.82) is 5.41 Å². The molecule has 1 heterocycles. The fourth-order valence-electron chi connectivity index (χ4n) is 3.10. The number of nitrogens with zero attached hydrogens (tertiary/aromatic N) is 1. The van der Waals surface area contributed by atoms with Gasteiger partial charge in [0.15, 0.2) is 0 Å². The minimum absolute atomic E-state index is 0. The second-order valence-corrected chi connectivity index (χ2v) is 6.92. The van der Waals surface area contributed by atoms with Crippen molar-refractivity contribution in [2.75, 3.05) is 0 Å². The Labute approximate surface area is 160 Å². The number of pyridine rings is 1. The lowest BCUT2D eigenvalue weighted by Crippen LogP contribution is -2.03. The van der Waals surface area contributed by atoms with Gasteiger partial charge in [-0.3, -0.25) is 0 Å². The Morgan fingerprint density at radius 2 is 1.04 bits per heavy atom. The first-order chi connectivity index (χ1) is 11.3. The van der Waals surface area contributed by atoms with Crippen molar-refractivity contribution >= 4 is 17.0 Å². The van der Waals surface area contributed by atoms with Crippen molar-refractivity contribution in [3.63, 3.8) is 0 Å². The molecule has 0 aliphatic heterocycles. The summed E-state index contributed by atoms with van der Waals surface area (Å²) in [6, 6.07) is 3.73. The molecule has 0 bridgehead atoms. The molecule has 0 fully saturated rings. The third kappa shape index (κ3) is 13.8. The van der Waals surface area contributed by atoms with Crippen LogP contribution in [0.3, 0.4) is 0 Å². The van der Waals surface area contributed by atoms with E-state index in [0.717, 1.165) is 6.54 Å². The average Bonchev–Trinajstić information content (AvgIpc) is 2.57. The van der Waals surface area contributed by atoms with E-state index in [9.17, 15) is 0 Å². The van der Waals surface area contributed by atoms with Crippen LogP contribution in [-0.4, -0.2) is 4.57 Å². The predicted molar refractivity (Wildman–Crippen MR) is 111 cm³/mol. The topological polar surface area (TPSA) is 28.8 Å². The highest BCUT2D eigenvalue weighted by molar-refractivity contribution is 8.93. The van der Waals surface area contributed by atoms with Crippen molar-refractivity contribution in [2.45, 2.75) is 103 Å². The molecule has 140 valence electrons. The normalized spacial score (nSPS) is 10.5. The van der Waals surface area contributed by atoms with Crippen LogP contribution < -0.4 is 5.36 Å². The van der Waals surface area contributed by atoms with Gasteiger partial charge in [0.1, 0.15) is 0 Å². The third-order valence-corrected chi connectivity index (χ3v) is 4.66. The van der Waals surface area contributed by atoms with E-state index < -0.39 is 0 Å². The van der Waals surface area contributed by atoms with Gasteiger partial charge in [-0.05, 0) is 18.6 Å². The third-order valence-electron chi connectivity index (χ3n) is 4.66. The maximum atomic E-state index is 7.47. The molecule has 0 aromatic carbocycles. The standard InChI is InChI=1S/C21H38N2.BrH/c1-2-3-4-5-6-7-8-9-10-11-12-13-14-15-18-23-19-16-21(22)17-20-23;/h16-17,19-20,22H,2-15,18H2,1H3;1H. The molecule has 24 heavy (non-hydrogen) atoms. The van der Waals surface area contributed by atoms with Crippen LogP contribution in [0.1, 0.15) is 96.8 Å². The molecule has 1 aromatic heterocycles. The smallest absolute Gasteiger partial charge is 0.0568 e. The molecular weight excluding hydrogens is 360 g/mol. The number of hydrogen-bond acceptors (Lipinski definition) is 1. The quantitative estimate of drug-likeness (QED) is 0.307. The molecule has 0 unspecified atom stereocenters. The highest BCUT2D eigenvalue weighted by Gasteiger charge is 1.94. The zero-order valence-corrected chi connectivity index (χ0v) is 17.5. The second-order valence-electron chi connectivity index (χ2n) is 6.92. The minimum Gasteiger partial charge on any atom is -0.354 e. The van der Waals surface area contributed by atoms with Crippen molar-refractivity contribution in [3.8, 4) is 0 Å². The van der Waals surface area contributed by atoms with Crippen LogP contribution in [0.25, 0.3) is 0 Å². The predicted octanol–water partition coefficient (Wildman–Crippen LogP) is 7.03. The summed E-state index contributed by atoms with van der Waals surface area (Å²) in [5, 5.41) is 8.07. The lowest BCUT2D eigenvalue weighted by atomic mass is 10.0. The molecule has 0 saturated carbocycles. The van der Waals surface area contributed by atoms with E-state index in [1.807, 2.05) is 24.5 Å². The summed E-state index contributed by atoms with van der Waals surface area (Å²) in [5.41, 5.74) is 0. The van der Waals surface area contributed by atoms with Crippen LogP contribution in [0.15, 0.2) is 24.5 Å². The van der Waals surface area contributed by atoms with Crippen LogP contribution in [0.2, 0.25) is 0 Å². The molecule has 1 aromatic rings. The number of halogens is 1. The van der Waals surface area contributed by atoms with E-state index in [4.69, 9.17) is 5.41 Å². The van der Waals surface area contributed by atoms with Crippen molar-refractivity contribution in [2.24, 2.45) is 0 Å². The van der Waals surface area contributed by atoms with Gasteiger partial charge in [-0.2, -0.15) is 0 Å². The summed E-state index contributed by atoms with van der Waals surface area (Å²) in [5.74, 6) is 0. The summed E-state index contributed by atoms with van der Waals surface area (Å²) in [7, 11) is 0. The van der Waals surface area contributed by atoms with Crippen LogP contribution in [0.5, 0.6) is 0 Å². The van der Waals surface area contributed by atoms with E-state index in [-0.39, 0.29) is 17.0 Å². The second kappa shape index (κ2) is 17.3. The van der Waals surface area contributed by atoms with E-state index in [2.05, 4.69) is 11.5 Å². The number of rotatable bonds is 15. The summed E-state index contributed by atoms with van der Waals surface area (Å²) >= 11 is 0. The molecule has 1 N–H and O–H groups in total. The van der Waals surface area contributed by atoms with Gasteiger partial charge in [-0.25, -0.2) is 0 Å². The van der Waals surface area contributed by atoms with Gasteiger partial charge >= 0.3 is 0 Å². The Morgan fingerprint density at radius 3 is 1.46 bits per heavy atom. The zero-order valence-electron chi connectivity index (χ0n) is 15.8. The summed E-state index contributed by atoms with van der Waals surface area (Å²) < 4.78 is 2.19. The summed E-state index contributed by atoms with van der Waals surface area (Å²) in [4.78, 5) is 0. The number of unbranched alkanes of at least 4 members (excludes halogenated alkanes) is 13. The first-order valence-electron chi connectivity index (χ1n) is 10.0. The molecule has 2 nitrogen and oxygen atoms in total. The van der Waals surface area contributed by atoms with Crippen molar-refractivity contribution < 1.29 is 0 Å². The molecule has 0 amide bonds. The van der Waals surface area contributed by atoms with Crippen molar-refractivity contribution in [1.82, 2.24) is 4.57 Å². The maximum Gasteiger partial charge on any atom is 0.0568 e. The Hall–Kier alpha value is -0.570. The van der Waals surface area contributed by atoms with Gasteiger partial charge in [-0.15, -0.1) is 17.0 Å². The highest BCUT2D eigenvalue weighted by atomic mass is 79.9. The Kier molecular flexibility index (Phi) is 16.8. The first-order valence-corrected chi connectivity index (χ1v) is 10.0. The lowest BCUT2D eigenvalue weighted by molar-refractivity contribution is 0.523. The van der Waals surface area contributed by atoms with E-state index in [1.54, 1.807) is 0 Å². The van der Waals surface area contributed by atoms with E-state index in [1.165, 1.54) is 89.9 Å². The monoisotopic (exact) mass is 398 g/mol. The Bertz CT molecular complexity index is 408. The molecule has 0 atom stereocenters. The Morgan fingerprint density at radius 1 is 0.667 bits per heavy atom. The maximum absolute atomic E-state index is 7.47. The zero-order chi connectivity index (χ0) is 16.6. The molecule has 0 radical (unpaired) electrons. The minimum atomic E-state index is 0. The van der Waals surface area contributed by atoms with Gasteiger partial charge in [0.05, 0.1) is 5.36 Å². The molecule has 1 rings (SSSR count). The first kappa shape index (κ1) is 23.4. The molecule has 0 spiro atoms. The van der Waals surface area contributed by atoms with Gasteiger partial charge in [0.25, 0.3) is 0 Å². The molecule has 3 heteroatoms. The SMILES string of the molecule is Br.CCCCCCCCCCCCCCCCn1ccc(=N)cc1. The van der Waals surface area contributed by atoms with Crippen LogP contribution >= 0.6 is 17.0 Å². The van der Waals surface area contributed by atoms with Gasteiger partial charge in [-0.1, -0.05) is 90.4 Å². The van der Waals surface area contributed by atoms with Crippen LogP contribution in [0, 0.1) is 5.41 Å². The van der Waals surface area contributed by atoms with Gasteiger partial charge in [0.2, 0.25) is 0 Å².